The average Bonchev–Trinajstić information content (AvgIpc) is 2.57. The molecule has 112 valence electrons. The predicted molar refractivity (Wildman–Crippen MR) is 80.0 cm³/mol. The smallest absolute Gasteiger partial charge is 0.247 e. The summed E-state index contributed by atoms with van der Waals surface area (Å²) in [6.45, 7) is 1.64. The Morgan fingerprint density at radius 3 is 2.05 bits per heavy atom. The van der Waals surface area contributed by atoms with Gasteiger partial charge in [-0.15, -0.1) is 0 Å². The highest BCUT2D eigenvalue weighted by Gasteiger charge is 2.33. The molecule has 0 unspecified atom stereocenters. The van der Waals surface area contributed by atoms with E-state index in [4.69, 9.17) is 4.89 Å². The fourth-order valence-electron chi connectivity index (χ4n) is 2.77. The summed E-state index contributed by atoms with van der Waals surface area (Å²) in [6, 6.07) is 15.5. The fourth-order valence-corrected chi connectivity index (χ4v) is 2.77. The molecule has 0 heterocycles. The van der Waals surface area contributed by atoms with Crippen molar-refractivity contribution in [3.63, 3.8) is 0 Å². The summed E-state index contributed by atoms with van der Waals surface area (Å²) in [7, 11) is 0. The van der Waals surface area contributed by atoms with Crippen LogP contribution in [-0.4, -0.2) is 11.9 Å². The van der Waals surface area contributed by atoms with Crippen LogP contribution in [0.2, 0.25) is 0 Å². The molecule has 22 heavy (non-hydrogen) atoms. The van der Waals surface area contributed by atoms with Crippen LogP contribution in [0.4, 0.5) is 0 Å². The van der Waals surface area contributed by atoms with Crippen LogP contribution in [0.1, 0.15) is 41.5 Å². The standard InChI is InChI=1S/C18H16O4/c1-2-16(19)21-22-18(20)17-14-9-5-3-7-12(14)11-13-8-4-6-10-15(13)17/h3-10,17H,2,11H2,1H3. The van der Waals surface area contributed by atoms with E-state index in [1.165, 1.54) is 0 Å². The van der Waals surface area contributed by atoms with Crippen LogP contribution in [0.25, 0.3) is 0 Å². The molecule has 0 spiro atoms. The van der Waals surface area contributed by atoms with Crippen molar-refractivity contribution in [3.8, 4) is 0 Å². The summed E-state index contributed by atoms with van der Waals surface area (Å²) in [5.74, 6) is -1.70. The molecule has 4 heteroatoms. The third-order valence-electron chi connectivity index (χ3n) is 3.85. The van der Waals surface area contributed by atoms with E-state index in [-0.39, 0.29) is 6.42 Å². The lowest BCUT2D eigenvalue weighted by molar-refractivity contribution is -0.259. The normalized spacial score (nSPS) is 13.0. The number of benzene rings is 2. The first-order valence-corrected chi connectivity index (χ1v) is 7.27. The SMILES string of the molecule is CCC(=O)OOC(=O)C1c2ccccc2Cc2ccccc21. The molecule has 0 aromatic heterocycles. The third kappa shape index (κ3) is 2.60. The first-order chi connectivity index (χ1) is 10.7. The first kappa shape index (κ1) is 14.3. The van der Waals surface area contributed by atoms with Crippen molar-refractivity contribution in [2.75, 3.05) is 0 Å². The van der Waals surface area contributed by atoms with Gasteiger partial charge in [0.2, 0.25) is 0 Å². The van der Waals surface area contributed by atoms with Crippen LogP contribution >= 0.6 is 0 Å². The second-order valence-electron chi connectivity index (χ2n) is 5.22. The fraction of sp³-hybridized carbons (Fsp3) is 0.222. The number of rotatable bonds is 2. The molecule has 4 nitrogen and oxygen atoms in total. The molecular formula is C18H16O4. The van der Waals surface area contributed by atoms with Crippen molar-refractivity contribution in [1.29, 1.82) is 0 Å². The predicted octanol–water partition coefficient (Wildman–Crippen LogP) is 3.13. The van der Waals surface area contributed by atoms with Gasteiger partial charge >= 0.3 is 11.9 Å². The molecule has 0 amide bonds. The zero-order valence-electron chi connectivity index (χ0n) is 12.2. The molecular weight excluding hydrogens is 280 g/mol. The molecule has 1 aliphatic rings. The first-order valence-electron chi connectivity index (χ1n) is 7.27. The van der Waals surface area contributed by atoms with E-state index in [0.717, 1.165) is 28.7 Å². The van der Waals surface area contributed by atoms with E-state index < -0.39 is 17.9 Å². The number of hydrogen-bond donors (Lipinski definition) is 0. The minimum atomic E-state index is -0.568. The monoisotopic (exact) mass is 296 g/mol. The molecule has 0 N–H and O–H groups in total. The number of fused-ring (bicyclic) bond motifs is 2. The van der Waals surface area contributed by atoms with Crippen molar-refractivity contribution < 1.29 is 19.4 Å². The van der Waals surface area contributed by atoms with Crippen molar-refractivity contribution in [2.24, 2.45) is 0 Å². The molecule has 0 radical (unpaired) electrons. The molecule has 0 saturated carbocycles. The molecule has 0 saturated heterocycles. The summed E-state index contributed by atoms with van der Waals surface area (Å²) < 4.78 is 0. The largest absolute Gasteiger partial charge is 0.367 e. The summed E-state index contributed by atoms with van der Waals surface area (Å²) in [6.07, 6.45) is 0.940. The Hall–Kier alpha value is -2.62. The number of carbonyl (C=O) groups is 2. The van der Waals surface area contributed by atoms with Gasteiger partial charge in [-0.25, -0.2) is 19.4 Å². The molecule has 0 atom stereocenters. The summed E-state index contributed by atoms with van der Waals surface area (Å²) in [5, 5.41) is 0. The molecule has 3 rings (SSSR count). The van der Waals surface area contributed by atoms with Gasteiger partial charge in [-0.2, -0.15) is 0 Å². The Morgan fingerprint density at radius 1 is 0.955 bits per heavy atom. The average molecular weight is 296 g/mol. The van der Waals surface area contributed by atoms with E-state index >= 15 is 0 Å². The highest BCUT2D eigenvalue weighted by atomic mass is 17.2. The van der Waals surface area contributed by atoms with Gasteiger partial charge in [-0.3, -0.25) is 0 Å². The Balaban J connectivity index is 1.96. The summed E-state index contributed by atoms with van der Waals surface area (Å²) in [5.41, 5.74) is 3.98. The van der Waals surface area contributed by atoms with Crippen molar-refractivity contribution in [2.45, 2.75) is 25.7 Å². The maximum atomic E-state index is 12.4. The zero-order valence-corrected chi connectivity index (χ0v) is 12.2. The maximum absolute atomic E-state index is 12.4. The van der Waals surface area contributed by atoms with Gasteiger partial charge in [0.05, 0.1) is 0 Å². The van der Waals surface area contributed by atoms with Gasteiger partial charge < -0.3 is 0 Å². The minimum absolute atomic E-state index is 0.158. The van der Waals surface area contributed by atoms with Gasteiger partial charge in [-0.1, -0.05) is 55.5 Å². The lowest BCUT2D eigenvalue weighted by Crippen LogP contribution is -2.24. The maximum Gasteiger partial charge on any atom is 0.367 e. The van der Waals surface area contributed by atoms with E-state index in [1.807, 2.05) is 48.5 Å². The zero-order chi connectivity index (χ0) is 15.5. The lowest BCUT2D eigenvalue weighted by Gasteiger charge is -2.26. The Morgan fingerprint density at radius 2 is 1.50 bits per heavy atom. The number of hydrogen-bond acceptors (Lipinski definition) is 4. The van der Waals surface area contributed by atoms with Crippen LogP contribution in [0, 0.1) is 0 Å². The topological polar surface area (TPSA) is 52.6 Å². The molecule has 2 aromatic carbocycles. The molecule has 0 bridgehead atoms. The van der Waals surface area contributed by atoms with Gasteiger partial charge in [0.1, 0.15) is 5.92 Å². The van der Waals surface area contributed by atoms with Crippen LogP contribution < -0.4 is 0 Å². The highest BCUT2D eigenvalue weighted by molar-refractivity contribution is 5.84. The van der Waals surface area contributed by atoms with E-state index in [1.54, 1.807) is 6.92 Å². The summed E-state index contributed by atoms with van der Waals surface area (Å²) in [4.78, 5) is 32.9. The molecule has 0 aliphatic heterocycles. The Kier molecular flexibility index (Phi) is 3.92. The second kappa shape index (κ2) is 6.02. The highest BCUT2D eigenvalue weighted by Crippen LogP contribution is 2.37. The van der Waals surface area contributed by atoms with Crippen LogP contribution in [0.3, 0.4) is 0 Å². The Labute approximate surface area is 128 Å². The van der Waals surface area contributed by atoms with E-state index in [0.29, 0.717) is 0 Å². The molecule has 2 aromatic rings. The molecule has 0 fully saturated rings. The van der Waals surface area contributed by atoms with E-state index in [9.17, 15) is 9.59 Å². The lowest BCUT2D eigenvalue weighted by atomic mass is 9.78. The molecule has 1 aliphatic carbocycles. The van der Waals surface area contributed by atoms with Gasteiger partial charge in [0, 0.05) is 6.42 Å². The van der Waals surface area contributed by atoms with Crippen molar-refractivity contribution in [1.82, 2.24) is 0 Å². The summed E-state index contributed by atoms with van der Waals surface area (Å²) >= 11 is 0. The van der Waals surface area contributed by atoms with E-state index in [2.05, 4.69) is 4.89 Å². The quantitative estimate of drug-likeness (QED) is 0.631. The van der Waals surface area contributed by atoms with Crippen molar-refractivity contribution >= 4 is 11.9 Å². The van der Waals surface area contributed by atoms with Crippen LogP contribution in [0.5, 0.6) is 0 Å². The second-order valence-corrected chi connectivity index (χ2v) is 5.22. The van der Waals surface area contributed by atoms with Crippen LogP contribution in [-0.2, 0) is 25.8 Å². The van der Waals surface area contributed by atoms with Crippen LogP contribution in [0.15, 0.2) is 48.5 Å². The van der Waals surface area contributed by atoms with Gasteiger partial charge in [0.25, 0.3) is 0 Å². The third-order valence-corrected chi connectivity index (χ3v) is 3.85. The Bertz CT molecular complexity index is 675. The minimum Gasteiger partial charge on any atom is -0.247 e. The number of carbonyl (C=O) groups excluding carboxylic acids is 2. The van der Waals surface area contributed by atoms with Gasteiger partial charge in [0.15, 0.2) is 0 Å². The van der Waals surface area contributed by atoms with Gasteiger partial charge in [-0.05, 0) is 28.7 Å². The van der Waals surface area contributed by atoms with Crippen molar-refractivity contribution in [3.05, 3.63) is 70.8 Å².